The molecule has 0 radical (unpaired) electrons. The van der Waals surface area contributed by atoms with E-state index in [1.807, 2.05) is 48.5 Å². The van der Waals surface area contributed by atoms with Crippen molar-refractivity contribution in [2.24, 2.45) is 0 Å². The molecule has 5 rings (SSSR count). The summed E-state index contributed by atoms with van der Waals surface area (Å²) >= 11 is 6.07. The Labute approximate surface area is 323 Å². The molecule has 0 fully saturated rings. The molecule has 0 saturated heterocycles. The average molecular weight is 797 g/mol. The van der Waals surface area contributed by atoms with E-state index >= 15 is 0 Å². The van der Waals surface area contributed by atoms with E-state index in [-0.39, 0.29) is 35.3 Å². The van der Waals surface area contributed by atoms with Gasteiger partial charge in [-0.2, -0.15) is 26.3 Å². The molecule has 5 aromatic rings. The standard InChI is InChI=1S/C42H35ClF6N2O5/c1-2-3-4-7-25-12-17-32(18-13-25)56-37-9-6-5-8-33(37)27-14-10-26(11-15-27)20-36(40(54)55)51-39(53)34-24-31(43)16-19-35(34)50-38(52)28-21-29(41(44,45)46)23-30(22-28)42(47,48)49/h5-6,8-19,21-24,36H,2-4,7,20H2,1H3,(H,50,52)(H,51,53)(H,54,55). The molecule has 2 amide bonds. The predicted molar refractivity (Wildman–Crippen MR) is 200 cm³/mol. The van der Waals surface area contributed by atoms with E-state index in [0.717, 1.165) is 42.5 Å². The lowest BCUT2D eigenvalue weighted by Crippen LogP contribution is -2.42. The number of aryl methyl sites for hydroxylation is 1. The Hall–Kier alpha value is -5.82. The number of carbonyl (C=O) groups excluding carboxylic acids is 2. The van der Waals surface area contributed by atoms with E-state index in [9.17, 15) is 45.8 Å². The van der Waals surface area contributed by atoms with Crippen LogP contribution in [0.2, 0.25) is 5.02 Å². The average Bonchev–Trinajstić information content (AvgIpc) is 3.15. The van der Waals surface area contributed by atoms with Crippen LogP contribution in [-0.4, -0.2) is 28.9 Å². The van der Waals surface area contributed by atoms with Crippen molar-refractivity contribution in [3.05, 3.63) is 148 Å². The van der Waals surface area contributed by atoms with Crippen molar-refractivity contribution >= 4 is 35.1 Å². The Balaban J connectivity index is 1.30. The van der Waals surface area contributed by atoms with Gasteiger partial charge in [0, 0.05) is 22.6 Å². The number of amides is 2. The molecule has 1 atom stereocenters. The number of unbranched alkanes of at least 4 members (excludes halogenated alkanes) is 2. The lowest BCUT2D eigenvalue weighted by molar-refractivity contribution is -0.143. The summed E-state index contributed by atoms with van der Waals surface area (Å²) in [5.41, 5.74) is -1.82. The Morgan fingerprint density at radius 1 is 0.750 bits per heavy atom. The molecule has 14 heteroatoms. The number of hydrogen-bond acceptors (Lipinski definition) is 4. The molecule has 0 aliphatic heterocycles. The van der Waals surface area contributed by atoms with Gasteiger partial charge in [-0.3, -0.25) is 9.59 Å². The molecular formula is C42H35ClF6N2O5. The number of benzene rings is 5. The van der Waals surface area contributed by atoms with E-state index in [4.69, 9.17) is 16.3 Å². The van der Waals surface area contributed by atoms with Crippen LogP contribution in [-0.2, 0) is 30.0 Å². The van der Waals surface area contributed by atoms with Crippen molar-refractivity contribution in [1.29, 1.82) is 0 Å². The van der Waals surface area contributed by atoms with Gasteiger partial charge in [0.05, 0.1) is 22.4 Å². The first-order valence-electron chi connectivity index (χ1n) is 17.4. The second-order valence-electron chi connectivity index (χ2n) is 12.9. The second-order valence-corrected chi connectivity index (χ2v) is 13.3. The fourth-order valence-electron chi connectivity index (χ4n) is 5.81. The number of carbonyl (C=O) groups is 3. The number of carboxylic acids is 1. The van der Waals surface area contributed by atoms with Crippen molar-refractivity contribution in [2.45, 2.75) is 57.4 Å². The highest BCUT2D eigenvalue weighted by Gasteiger charge is 2.37. The van der Waals surface area contributed by atoms with E-state index in [0.29, 0.717) is 17.1 Å². The topological polar surface area (TPSA) is 105 Å². The van der Waals surface area contributed by atoms with Gasteiger partial charge in [-0.05, 0) is 84.1 Å². The molecule has 1 unspecified atom stereocenters. The highest BCUT2D eigenvalue weighted by Crippen LogP contribution is 2.37. The van der Waals surface area contributed by atoms with Gasteiger partial charge in [-0.25, -0.2) is 4.79 Å². The molecule has 56 heavy (non-hydrogen) atoms. The second kappa shape index (κ2) is 17.8. The van der Waals surface area contributed by atoms with Crippen LogP contribution in [0.5, 0.6) is 11.5 Å². The third-order valence-electron chi connectivity index (χ3n) is 8.74. The van der Waals surface area contributed by atoms with E-state index in [1.54, 1.807) is 24.3 Å². The Morgan fingerprint density at radius 3 is 1.98 bits per heavy atom. The van der Waals surface area contributed by atoms with Crippen LogP contribution < -0.4 is 15.4 Å². The minimum atomic E-state index is -5.20. The van der Waals surface area contributed by atoms with Crippen molar-refractivity contribution in [3.63, 3.8) is 0 Å². The van der Waals surface area contributed by atoms with Crippen molar-refractivity contribution in [2.75, 3.05) is 5.32 Å². The molecule has 0 saturated carbocycles. The van der Waals surface area contributed by atoms with Gasteiger partial charge in [-0.15, -0.1) is 0 Å². The number of hydrogen-bond donors (Lipinski definition) is 3. The molecule has 7 nitrogen and oxygen atoms in total. The first-order valence-corrected chi connectivity index (χ1v) is 17.8. The van der Waals surface area contributed by atoms with Gasteiger partial charge < -0.3 is 20.5 Å². The number of aliphatic carboxylic acids is 1. The highest BCUT2D eigenvalue weighted by atomic mass is 35.5. The van der Waals surface area contributed by atoms with Crippen LogP contribution >= 0.6 is 11.6 Å². The summed E-state index contributed by atoms with van der Waals surface area (Å²) in [5, 5.41) is 14.5. The molecule has 0 bridgehead atoms. The number of halogens is 7. The van der Waals surface area contributed by atoms with Crippen LogP contribution in [0.3, 0.4) is 0 Å². The fraction of sp³-hybridized carbons (Fsp3) is 0.214. The van der Waals surface area contributed by atoms with Gasteiger partial charge in [0.2, 0.25) is 0 Å². The zero-order chi connectivity index (χ0) is 40.6. The predicted octanol–water partition coefficient (Wildman–Crippen LogP) is 11.2. The molecule has 0 spiro atoms. The van der Waals surface area contributed by atoms with Crippen molar-refractivity contribution < 1.29 is 50.6 Å². The summed E-state index contributed by atoms with van der Waals surface area (Å²) in [4.78, 5) is 38.7. The summed E-state index contributed by atoms with van der Waals surface area (Å²) < 4.78 is 86.6. The number of carboxylic acid groups (broad SMARTS) is 1. The maximum atomic E-state index is 13.4. The Morgan fingerprint density at radius 2 is 1.38 bits per heavy atom. The van der Waals surface area contributed by atoms with Crippen LogP contribution in [0.25, 0.3) is 11.1 Å². The molecule has 0 aliphatic carbocycles. The monoisotopic (exact) mass is 796 g/mol. The SMILES string of the molecule is CCCCCc1ccc(Oc2ccccc2-c2ccc(CC(NC(=O)c3cc(Cl)ccc3NC(=O)c3cc(C(F)(F)F)cc(C(F)(F)F)c3)C(=O)O)cc2)cc1. The van der Waals surface area contributed by atoms with Crippen LogP contribution in [0.4, 0.5) is 32.0 Å². The third-order valence-corrected chi connectivity index (χ3v) is 8.97. The fourth-order valence-corrected chi connectivity index (χ4v) is 5.98. The summed E-state index contributed by atoms with van der Waals surface area (Å²) in [6.45, 7) is 2.16. The summed E-state index contributed by atoms with van der Waals surface area (Å²) in [7, 11) is 0. The molecular weight excluding hydrogens is 762 g/mol. The summed E-state index contributed by atoms with van der Waals surface area (Å²) in [5.74, 6) is -2.56. The van der Waals surface area contributed by atoms with Crippen LogP contribution in [0.15, 0.2) is 109 Å². The van der Waals surface area contributed by atoms with Gasteiger partial charge in [0.1, 0.15) is 17.5 Å². The summed E-state index contributed by atoms with van der Waals surface area (Å²) in [6.07, 6.45) is -6.16. The minimum absolute atomic E-state index is 0.0299. The maximum absolute atomic E-state index is 13.4. The first kappa shape index (κ1) is 41.3. The molecule has 292 valence electrons. The zero-order valence-electron chi connectivity index (χ0n) is 29.7. The quantitative estimate of drug-likeness (QED) is 0.0767. The lowest BCUT2D eigenvalue weighted by Gasteiger charge is -2.18. The number of alkyl halides is 6. The Bertz CT molecular complexity index is 2160. The van der Waals surface area contributed by atoms with E-state index in [1.165, 1.54) is 18.1 Å². The molecule has 5 aromatic carbocycles. The molecule has 0 aromatic heterocycles. The molecule has 3 N–H and O–H groups in total. The van der Waals surface area contributed by atoms with Gasteiger partial charge >= 0.3 is 18.3 Å². The first-order chi connectivity index (χ1) is 26.5. The van der Waals surface area contributed by atoms with Crippen LogP contribution in [0.1, 0.15) is 69.2 Å². The minimum Gasteiger partial charge on any atom is -0.480 e. The molecule has 0 aliphatic rings. The normalized spacial score (nSPS) is 12.1. The highest BCUT2D eigenvalue weighted by molar-refractivity contribution is 6.31. The van der Waals surface area contributed by atoms with Crippen molar-refractivity contribution in [3.8, 4) is 22.6 Å². The lowest BCUT2D eigenvalue weighted by atomic mass is 9.99. The number of rotatable bonds is 14. The largest absolute Gasteiger partial charge is 0.480 e. The number of ether oxygens (including phenoxy) is 1. The van der Waals surface area contributed by atoms with Crippen LogP contribution in [0, 0.1) is 0 Å². The zero-order valence-corrected chi connectivity index (χ0v) is 30.5. The van der Waals surface area contributed by atoms with E-state index in [2.05, 4.69) is 17.6 Å². The van der Waals surface area contributed by atoms with Gasteiger partial charge in [-0.1, -0.05) is 86.0 Å². The number of anilines is 1. The summed E-state index contributed by atoms with van der Waals surface area (Å²) in [6, 6.07) is 24.5. The number of nitrogens with one attached hydrogen (secondary N) is 2. The smallest absolute Gasteiger partial charge is 0.416 e. The van der Waals surface area contributed by atoms with Gasteiger partial charge in [0.15, 0.2) is 0 Å². The van der Waals surface area contributed by atoms with Crippen molar-refractivity contribution in [1.82, 2.24) is 5.32 Å². The molecule has 0 heterocycles. The van der Waals surface area contributed by atoms with Gasteiger partial charge in [0.25, 0.3) is 11.8 Å². The Kier molecular flexibility index (Phi) is 13.1. The van der Waals surface area contributed by atoms with E-state index < -0.39 is 58.4 Å². The number of para-hydroxylation sites is 1. The maximum Gasteiger partial charge on any atom is 0.416 e. The third kappa shape index (κ3) is 10.9.